The van der Waals surface area contributed by atoms with E-state index >= 15 is 0 Å². The number of nitrogens with one attached hydrogen (secondary N) is 1. The van der Waals surface area contributed by atoms with Gasteiger partial charge in [-0.2, -0.15) is 0 Å². The van der Waals surface area contributed by atoms with Gasteiger partial charge in [0.1, 0.15) is 18.2 Å². The maximum Gasteiger partial charge on any atom is 0.292 e. The molecule has 0 amide bonds. The third-order valence-electron chi connectivity index (χ3n) is 2.52. The summed E-state index contributed by atoms with van der Waals surface area (Å²) in [6.45, 7) is 0.721. The Kier molecular flexibility index (Phi) is 4.11. The van der Waals surface area contributed by atoms with E-state index in [1.807, 2.05) is 0 Å². The van der Waals surface area contributed by atoms with E-state index in [1.165, 1.54) is 13.4 Å². The molecule has 10 heteroatoms. The Hall–Kier alpha value is -1.54. The van der Waals surface area contributed by atoms with Crippen LogP contribution >= 0.6 is 7.52 Å². The van der Waals surface area contributed by atoms with Crippen molar-refractivity contribution >= 4 is 24.5 Å². The zero-order chi connectivity index (χ0) is 13.9. The smallest absolute Gasteiger partial charge is 0.292 e. The van der Waals surface area contributed by atoms with Gasteiger partial charge in [0.15, 0.2) is 11.5 Å². The van der Waals surface area contributed by atoms with Crippen molar-refractivity contribution in [3.63, 3.8) is 0 Å². The first-order chi connectivity index (χ1) is 9.03. The van der Waals surface area contributed by atoms with Crippen molar-refractivity contribution in [3.8, 4) is 0 Å². The lowest BCUT2D eigenvalue weighted by molar-refractivity contribution is 0.159. The average molecular weight is 286 g/mol. The molecule has 0 spiro atoms. The van der Waals surface area contributed by atoms with Crippen LogP contribution in [0.5, 0.6) is 0 Å². The number of anilines is 1. The van der Waals surface area contributed by atoms with Crippen LogP contribution in [0.3, 0.4) is 0 Å². The fourth-order valence-corrected chi connectivity index (χ4v) is 1.98. The van der Waals surface area contributed by atoms with Gasteiger partial charge in [0.2, 0.25) is 0 Å². The van der Waals surface area contributed by atoms with Gasteiger partial charge >= 0.3 is 0 Å². The van der Waals surface area contributed by atoms with Crippen molar-refractivity contribution in [2.24, 2.45) is 0 Å². The lowest BCUT2D eigenvalue weighted by Gasteiger charge is -2.10. The molecule has 0 aliphatic rings. The highest BCUT2D eigenvalue weighted by atomic mass is 31.2. The van der Waals surface area contributed by atoms with Crippen LogP contribution < -0.4 is 10.8 Å². The van der Waals surface area contributed by atoms with Crippen LogP contribution in [0.2, 0.25) is 0 Å². The van der Waals surface area contributed by atoms with E-state index in [-0.39, 0.29) is 13.0 Å². The molecule has 2 aromatic heterocycles. The standard InChI is InChI=1S/C9H15N6O3P/c1-11-19(16,17)6-18-3-2-15-5-14-7-8(10)12-4-13-9(7)15/h4-5H,2-3,6H2,1H3,(H2,10,12,13)(H2,11,16,17). The Morgan fingerprint density at radius 1 is 1.53 bits per heavy atom. The van der Waals surface area contributed by atoms with E-state index in [4.69, 9.17) is 10.5 Å². The molecule has 0 aliphatic carbocycles. The molecule has 19 heavy (non-hydrogen) atoms. The number of nitrogens with zero attached hydrogens (tertiary/aromatic N) is 4. The normalized spacial score (nSPS) is 14.6. The summed E-state index contributed by atoms with van der Waals surface area (Å²) in [5.74, 6) is 0.319. The summed E-state index contributed by atoms with van der Waals surface area (Å²) in [4.78, 5) is 21.3. The molecule has 2 rings (SSSR count). The topological polar surface area (TPSA) is 128 Å². The molecule has 2 aromatic rings. The van der Waals surface area contributed by atoms with E-state index < -0.39 is 7.52 Å². The first kappa shape index (κ1) is 13.9. The number of hydrogen-bond donors (Lipinski definition) is 3. The van der Waals surface area contributed by atoms with Gasteiger partial charge < -0.3 is 19.9 Å². The quantitative estimate of drug-likeness (QED) is 0.491. The van der Waals surface area contributed by atoms with E-state index in [0.717, 1.165) is 0 Å². The molecule has 0 saturated heterocycles. The number of ether oxygens (including phenoxy) is 1. The van der Waals surface area contributed by atoms with Crippen molar-refractivity contribution in [1.82, 2.24) is 24.6 Å². The highest BCUT2D eigenvalue weighted by Gasteiger charge is 2.14. The molecule has 1 unspecified atom stereocenters. The Bertz CT molecular complexity index is 615. The summed E-state index contributed by atoms with van der Waals surface area (Å²) in [7, 11) is -1.97. The van der Waals surface area contributed by atoms with Crippen LogP contribution in [0.4, 0.5) is 5.82 Å². The SMILES string of the molecule is CNP(=O)(O)COCCn1cnc2c(N)ncnc21. The van der Waals surface area contributed by atoms with Gasteiger partial charge in [0.25, 0.3) is 7.52 Å². The summed E-state index contributed by atoms with van der Waals surface area (Å²) in [6.07, 6.45) is 2.70. The maximum absolute atomic E-state index is 11.3. The van der Waals surface area contributed by atoms with Gasteiger partial charge in [-0.15, -0.1) is 0 Å². The number of rotatable bonds is 6. The Balaban J connectivity index is 1.96. The second kappa shape index (κ2) is 5.62. The molecule has 0 saturated carbocycles. The van der Waals surface area contributed by atoms with Gasteiger partial charge in [-0.25, -0.2) is 20.0 Å². The van der Waals surface area contributed by atoms with Crippen molar-refractivity contribution < 1.29 is 14.2 Å². The third-order valence-corrected chi connectivity index (χ3v) is 3.75. The summed E-state index contributed by atoms with van der Waals surface area (Å²) in [6, 6.07) is 0. The second-order valence-electron chi connectivity index (χ2n) is 3.83. The number of nitrogens with two attached hydrogens (primary N) is 1. The zero-order valence-corrected chi connectivity index (χ0v) is 11.2. The Labute approximate surface area is 109 Å². The minimum absolute atomic E-state index is 0.243. The van der Waals surface area contributed by atoms with Crippen LogP contribution in [-0.4, -0.2) is 44.4 Å². The summed E-state index contributed by atoms with van der Waals surface area (Å²) < 4.78 is 18.2. The van der Waals surface area contributed by atoms with Gasteiger partial charge in [-0.3, -0.25) is 4.57 Å². The molecule has 0 aromatic carbocycles. The maximum atomic E-state index is 11.3. The Morgan fingerprint density at radius 3 is 3.05 bits per heavy atom. The molecule has 2 heterocycles. The van der Waals surface area contributed by atoms with Crippen molar-refractivity contribution in [2.45, 2.75) is 6.54 Å². The molecule has 9 nitrogen and oxygen atoms in total. The molecule has 4 N–H and O–H groups in total. The molecular weight excluding hydrogens is 271 g/mol. The van der Waals surface area contributed by atoms with Crippen LogP contribution in [0.1, 0.15) is 0 Å². The predicted octanol–water partition coefficient (Wildman–Crippen LogP) is -0.213. The van der Waals surface area contributed by atoms with Gasteiger partial charge in [0, 0.05) is 6.54 Å². The van der Waals surface area contributed by atoms with Gasteiger partial charge in [0.05, 0.1) is 12.9 Å². The largest absolute Gasteiger partial charge is 0.382 e. The van der Waals surface area contributed by atoms with Crippen molar-refractivity contribution in [1.29, 1.82) is 0 Å². The number of imidazole rings is 1. The summed E-state index contributed by atoms with van der Waals surface area (Å²) in [5.41, 5.74) is 6.80. The van der Waals surface area contributed by atoms with E-state index in [1.54, 1.807) is 10.9 Å². The molecular formula is C9H15N6O3P. The monoisotopic (exact) mass is 286 g/mol. The number of hydrogen-bond acceptors (Lipinski definition) is 6. The minimum atomic E-state index is -3.38. The number of aromatic nitrogens is 4. The van der Waals surface area contributed by atoms with E-state index in [9.17, 15) is 9.46 Å². The predicted molar refractivity (Wildman–Crippen MR) is 69.4 cm³/mol. The molecule has 0 radical (unpaired) electrons. The highest BCUT2D eigenvalue weighted by molar-refractivity contribution is 7.55. The summed E-state index contributed by atoms with van der Waals surface area (Å²) >= 11 is 0. The lowest BCUT2D eigenvalue weighted by Crippen LogP contribution is -2.11. The fraction of sp³-hybridized carbons (Fsp3) is 0.444. The third kappa shape index (κ3) is 3.27. The van der Waals surface area contributed by atoms with Crippen molar-refractivity contribution in [3.05, 3.63) is 12.7 Å². The average Bonchev–Trinajstić information content (AvgIpc) is 2.80. The van der Waals surface area contributed by atoms with Crippen LogP contribution in [0.25, 0.3) is 11.2 Å². The minimum Gasteiger partial charge on any atom is -0.382 e. The zero-order valence-electron chi connectivity index (χ0n) is 10.4. The van der Waals surface area contributed by atoms with Crippen LogP contribution in [0, 0.1) is 0 Å². The molecule has 0 fully saturated rings. The van der Waals surface area contributed by atoms with Crippen LogP contribution in [-0.2, 0) is 15.8 Å². The first-order valence-corrected chi connectivity index (χ1v) is 7.38. The molecule has 0 aliphatic heterocycles. The lowest BCUT2D eigenvalue weighted by atomic mass is 10.5. The molecule has 104 valence electrons. The summed E-state index contributed by atoms with van der Waals surface area (Å²) in [5, 5.41) is 2.30. The van der Waals surface area contributed by atoms with Gasteiger partial charge in [-0.05, 0) is 7.05 Å². The van der Waals surface area contributed by atoms with Gasteiger partial charge in [-0.1, -0.05) is 0 Å². The Morgan fingerprint density at radius 2 is 2.32 bits per heavy atom. The first-order valence-electron chi connectivity index (χ1n) is 5.53. The van der Waals surface area contributed by atoms with E-state index in [2.05, 4.69) is 20.0 Å². The fourth-order valence-electron chi connectivity index (χ4n) is 1.48. The molecule has 1 atom stereocenters. The second-order valence-corrected chi connectivity index (χ2v) is 5.94. The van der Waals surface area contributed by atoms with Crippen molar-refractivity contribution in [2.75, 3.05) is 25.7 Å². The molecule has 0 bridgehead atoms. The van der Waals surface area contributed by atoms with Crippen LogP contribution in [0.15, 0.2) is 12.7 Å². The highest BCUT2D eigenvalue weighted by Crippen LogP contribution is 2.33. The van der Waals surface area contributed by atoms with E-state index in [0.29, 0.717) is 23.5 Å². The number of nitrogen functional groups attached to an aromatic ring is 1. The number of fused-ring (bicyclic) bond motifs is 1.